The monoisotopic (exact) mass is 430 g/mol. The third-order valence-corrected chi connectivity index (χ3v) is 5.72. The van der Waals surface area contributed by atoms with Crippen LogP contribution in [0.25, 0.3) is 0 Å². The fourth-order valence-corrected chi connectivity index (χ4v) is 3.55. The predicted molar refractivity (Wildman–Crippen MR) is 108 cm³/mol. The van der Waals surface area contributed by atoms with E-state index in [1.807, 2.05) is 27.7 Å². The maximum Gasteiger partial charge on any atom is 0.494 e. The van der Waals surface area contributed by atoms with Crippen molar-refractivity contribution in [3.63, 3.8) is 0 Å². The van der Waals surface area contributed by atoms with Gasteiger partial charge in [0, 0.05) is 10.6 Å². The minimum absolute atomic E-state index is 0.0312. The quantitative estimate of drug-likeness (QED) is 0.585. The minimum atomic E-state index is -0.625. The van der Waals surface area contributed by atoms with Crippen LogP contribution in [0.15, 0.2) is 30.3 Å². The van der Waals surface area contributed by atoms with E-state index in [9.17, 15) is 4.39 Å². The van der Waals surface area contributed by atoms with Crippen molar-refractivity contribution in [2.75, 3.05) is 0 Å². The normalized spacial score (nSPS) is 18.0. The van der Waals surface area contributed by atoms with Gasteiger partial charge in [0.15, 0.2) is 5.75 Å². The van der Waals surface area contributed by atoms with Gasteiger partial charge in [-0.2, -0.15) is 0 Å². The summed E-state index contributed by atoms with van der Waals surface area (Å²) in [5.74, 6) is -0.166. The molecule has 1 aliphatic heterocycles. The Labute approximate surface area is 173 Å². The third kappa shape index (κ3) is 4.23. The largest absolute Gasteiger partial charge is 0.494 e. The Morgan fingerprint density at radius 1 is 0.963 bits per heavy atom. The van der Waals surface area contributed by atoms with Crippen molar-refractivity contribution in [3.05, 3.63) is 56.8 Å². The highest BCUT2D eigenvalue weighted by molar-refractivity contribution is 6.62. The molecule has 2 aromatic carbocycles. The lowest BCUT2D eigenvalue weighted by Crippen LogP contribution is -2.41. The first-order valence-corrected chi connectivity index (χ1v) is 9.55. The summed E-state index contributed by atoms with van der Waals surface area (Å²) in [5, 5.41) is 0.929. The van der Waals surface area contributed by atoms with E-state index in [0.29, 0.717) is 16.0 Å². The summed E-state index contributed by atoms with van der Waals surface area (Å²) in [4.78, 5) is 0. The predicted octanol–water partition coefficient (Wildman–Crippen LogP) is 5.66. The molecule has 0 aliphatic carbocycles. The van der Waals surface area contributed by atoms with Crippen LogP contribution >= 0.6 is 34.8 Å². The number of hydrogen-bond donors (Lipinski definition) is 0. The van der Waals surface area contributed by atoms with Crippen LogP contribution in [0.5, 0.6) is 5.75 Å². The van der Waals surface area contributed by atoms with E-state index >= 15 is 0 Å². The van der Waals surface area contributed by atoms with Crippen LogP contribution in [-0.2, 0) is 15.9 Å². The molecule has 0 N–H and O–H groups in total. The molecule has 144 valence electrons. The molecule has 0 amide bonds. The van der Waals surface area contributed by atoms with Crippen LogP contribution in [0.3, 0.4) is 0 Å². The van der Waals surface area contributed by atoms with Crippen molar-refractivity contribution in [3.8, 4) is 5.75 Å². The zero-order valence-electron chi connectivity index (χ0n) is 15.4. The Hall–Kier alpha value is -0.975. The van der Waals surface area contributed by atoms with Gasteiger partial charge < -0.3 is 14.0 Å². The van der Waals surface area contributed by atoms with Gasteiger partial charge in [0.05, 0.1) is 21.2 Å². The summed E-state index contributed by atoms with van der Waals surface area (Å²) >= 11 is 18.0. The molecular weight excluding hydrogens is 412 g/mol. The molecule has 0 bridgehead atoms. The fourth-order valence-electron chi connectivity index (χ4n) is 2.62. The Balaban J connectivity index is 1.75. The lowest BCUT2D eigenvalue weighted by molar-refractivity contribution is 0.00578. The summed E-state index contributed by atoms with van der Waals surface area (Å²) in [6, 6.07) is 7.82. The van der Waals surface area contributed by atoms with E-state index in [1.165, 1.54) is 18.2 Å². The lowest BCUT2D eigenvalue weighted by Gasteiger charge is -2.32. The minimum Gasteiger partial charge on any atom is -0.486 e. The smallest absolute Gasteiger partial charge is 0.486 e. The van der Waals surface area contributed by atoms with Crippen molar-refractivity contribution in [2.45, 2.75) is 45.5 Å². The molecule has 27 heavy (non-hydrogen) atoms. The highest BCUT2D eigenvalue weighted by Crippen LogP contribution is 2.37. The molecule has 0 saturated carbocycles. The number of ether oxygens (including phenoxy) is 1. The van der Waals surface area contributed by atoms with Crippen LogP contribution in [0, 0.1) is 5.82 Å². The maximum atomic E-state index is 14.6. The average molecular weight is 432 g/mol. The van der Waals surface area contributed by atoms with E-state index in [0.717, 1.165) is 0 Å². The van der Waals surface area contributed by atoms with E-state index in [-0.39, 0.29) is 22.4 Å². The van der Waals surface area contributed by atoms with Crippen molar-refractivity contribution in [1.82, 2.24) is 0 Å². The summed E-state index contributed by atoms with van der Waals surface area (Å²) in [5.41, 5.74) is -0.00876. The second-order valence-corrected chi connectivity index (χ2v) is 8.68. The molecule has 2 aromatic rings. The van der Waals surface area contributed by atoms with E-state index in [1.54, 1.807) is 12.1 Å². The van der Waals surface area contributed by atoms with E-state index in [2.05, 4.69) is 0 Å². The van der Waals surface area contributed by atoms with E-state index < -0.39 is 24.1 Å². The molecule has 1 heterocycles. The second-order valence-electron chi connectivity index (χ2n) is 7.43. The van der Waals surface area contributed by atoms with Gasteiger partial charge in [-0.3, -0.25) is 0 Å². The topological polar surface area (TPSA) is 27.7 Å². The van der Waals surface area contributed by atoms with Crippen molar-refractivity contribution in [1.29, 1.82) is 0 Å². The lowest BCUT2D eigenvalue weighted by atomic mass is 9.79. The van der Waals surface area contributed by atoms with Crippen molar-refractivity contribution >= 4 is 47.4 Å². The molecule has 1 aliphatic rings. The van der Waals surface area contributed by atoms with Crippen molar-refractivity contribution in [2.24, 2.45) is 0 Å². The summed E-state index contributed by atoms with van der Waals surface area (Å²) in [7, 11) is -0.625. The number of benzene rings is 2. The Morgan fingerprint density at radius 2 is 1.52 bits per heavy atom. The van der Waals surface area contributed by atoms with Gasteiger partial charge in [-0.25, -0.2) is 4.39 Å². The first-order chi connectivity index (χ1) is 12.5. The second kappa shape index (κ2) is 7.45. The number of rotatable bonds is 4. The van der Waals surface area contributed by atoms with Gasteiger partial charge in [0.1, 0.15) is 12.4 Å². The molecule has 1 saturated heterocycles. The zero-order valence-corrected chi connectivity index (χ0v) is 17.7. The summed E-state index contributed by atoms with van der Waals surface area (Å²) in [6.07, 6.45) is 0. The van der Waals surface area contributed by atoms with E-state index in [4.69, 9.17) is 48.8 Å². The molecule has 1 fully saturated rings. The molecule has 0 radical (unpaired) electrons. The van der Waals surface area contributed by atoms with Crippen LogP contribution < -0.4 is 10.2 Å². The molecule has 8 heteroatoms. The molecule has 3 nitrogen and oxygen atoms in total. The van der Waals surface area contributed by atoms with Gasteiger partial charge >= 0.3 is 7.12 Å². The molecule has 0 spiro atoms. The number of hydrogen-bond acceptors (Lipinski definition) is 3. The maximum absolute atomic E-state index is 14.6. The number of halogens is 4. The van der Waals surface area contributed by atoms with Gasteiger partial charge in [0.2, 0.25) is 0 Å². The average Bonchev–Trinajstić information content (AvgIpc) is 2.75. The standard InChI is InChI=1S/C19H19BCl3FO3/c1-18(2)19(3,4)27-20(26-18)12-6-5-11(16(24)7-12)10-25-17-14(22)8-13(21)9-15(17)23/h5-9H,10H2,1-4H3. The van der Waals surface area contributed by atoms with Crippen LogP contribution in [-0.4, -0.2) is 18.3 Å². The Bertz CT molecular complexity index is 834. The highest BCUT2D eigenvalue weighted by atomic mass is 35.5. The molecule has 0 atom stereocenters. The Kier molecular flexibility index (Phi) is 5.73. The summed E-state index contributed by atoms with van der Waals surface area (Å²) < 4.78 is 32.1. The van der Waals surface area contributed by atoms with Gasteiger partial charge in [-0.05, 0) is 51.4 Å². The van der Waals surface area contributed by atoms with Gasteiger partial charge in [-0.15, -0.1) is 0 Å². The van der Waals surface area contributed by atoms with Crippen molar-refractivity contribution < 1.29 is 18.4 Å². The first kappa shape index (κ1) is 20.8. The Morgan fingerprint density at radius 3 is 2.04 bits per heavy atom. The zero-order chi connectivity index (χ0) is 20.0. The van der Waals surface area contributed by atoms with Crippen LogP contribution in [0.4, 0.5) is 4.39 Å². The van der Waals surface area contributed by atoms with Crippen LogP contribution in [0.2, 0.25) is 15.1 Å². The SMILES string of the molecule is CC1(C)OB(c2ccc(COc3c(Cl)cc(Cl)cc3Cl)c(F)c2)OC1(C)C. The summed E-state index contributed by atoms with van der Waals surface area (Å²) in [6.45, 7) is 7.77. The van der Waals surface area contributed by atoms with Crippen LogP contribution in [0.1, 0.15) is 33.3 Å². The first-order valence-electron chi connectivity index (χ1n) is 8.41. The fraction of sp³-hybridized carbons (Fsp3) is 0.368. The van der Waals surface area contributed by atoms with Gasteiger partial charge in [-0.1, -0.05) is 46.9 Å². The van der Waals surface area contributed by atoms with Gasteiger partial charge in [0.25, 0.3) is 0 Å². The molecule has 0 unspecified atom stereocenters. The highest BCUT2D eigenvalue weighted by Gasteiger charge is 2.51. The third-order valence-electron chi connectivity index (χ3n) is 4.94. The molecular formula is C19H19BCl3FO3. The molecule has 0 aromatic heterocycles. The molecule has 3 rings (SSSR count).